The fourth-order valence-corrected chi connectivity index (χ4v) is 2.19. The summed E-state index contributed by atoms with van der Waals surface area (Å²) < 4.78 is 1.99. The summed E-state index contributed by atoms with van der Waals surface area (Å²) in [7, 11) is 0. The molecule has 0 fully saturated rings. The number of hydrogen-bond donors (Lipinski definition) is 0. The molecule has 0 N–H and O–H groups in total. The standard InChI is InChI=1S/C14H18ClN3/c1-10(2)18-13(6-8-17-18)14-12(11(3)9-15)5-4-7-16-14/h4-8,10-11H,9H2,1-3H3. The summed E-state index contributed by atoms with van der Waals surface area (Å²) in [4.78, 5) is 4.51. The molecule has 0 saturated heterocycles. The zero-order valence-corrected chi connectivity index (χ0v) is 11.7. The molecule has 0 aliphatic carbocycles. The number of aromatic nitrogens is 3. The van der Waals surface area contributed by atoms with Crippen molar-refractivity contribution in [2.75, 3.05) is 5.88 Å². The maximum absolute atomic E-state index is 5.97. The Morgan fingerprint density at radius 1 is 1.22 bits per heavy atom. The average molecular weight is 264 g/mol. The van der Waals surface area contributed by atoms with E-state index >= 15 is 0 Å². The Bertz CT molecular complexity index is 519. The second-order valence-electron chi connectivity index (χ2n) is 4.75. The van der Waals surface area contributed by atoms with Gasteiger partial charge in [0, 0.05) is 24.3 Å². The topological polar surface area (TPSA) is 30.7 Å². The molecule has 0 aliphatic rings. The maximum Gasteiger partial charge on any atom is 0.0918 e. The summed E-state index contributed by atoms with van der Waals surface area (Å²) in [5.41, 5.74) is 3.21. The van der Waals surface area contributed by atoms with Crippen LogP contribution in [0.5, 0.6) is 0 Å². The first-order valence-corrected chi connectivity index (χ1v) is 6.73. The molecule has 0 radical (unpaired) electrons. The second kappa shape index (κ2) is 5.53. The van der Waals surface area contributed by atoms with Gasteiger partial charge in [0.15, 0.2) is 0 Å². The van der Waals surface area contributed by atoms with Crippen LogP contribution in [0.25, 0.3) is 11.4 Å². The summed E-state index contributed by atoms with van der Waals surface area (Å²) in [5, 5.41) is 4.36. The van der Waals surface area contributed by atoms with Gasteiger partial charge in [0.25, 0.3) is 0 Å². The fraction of sp³-hybridized carbons (Fsp3) is 0.429. The molecule has 0 bridgehead atoms. The molecule has 0 spiro atoms. The Morgan fingerprint density at radius 2 is 2.00 bits per heavy atom. The molecule has 96 valence electrons. The predicted octanol–water partition coefficient (Wildman–Crippen LogP) is 3.87. The first-order chi connectivity index (χ1) is 8.65. The van der Waals surface area contributed by atoms with Crippen LogP contribution in [0.3, 0.4) is 0 Å². The Hall–Kier alpha value is -1.35. The first kappa shape index (κ1) is 13.1. The van der Waals surface area contributed by atoms with Gasteiger partial charge in [0.2, 0.25) is 0 Å². The van der Waals surface area contributed by atoms with Crippen molar-refractivity contribution in [1.82, 2.24) is 14.8 Å². The lowest BCUT2D eigenvalue weighted by atomic mass is 9.99. The van der Waals surface area contributed by atoms with Gasteiger partial charge >= 0.3 is 0 Å². The van der Waals surface area contributed by atoms with E-state index in [9.17, 15) is 0 Å². The van der Waals surface area contributed by atoms with Crippen molar-refractivity contribution < 1.29 is 0 Å². The summed E-state index contributed by atoms with van der Waals surface area (Å²) in [6, 6.07) is 6.37. The minimum atomic E-state index is 0.283. The van der Waals surface area contributed by atoms with Gasteiger partial charge in [-0.2, -0.15) is 5.10 Å². The molecule has 2 aromatic heterocycles. The number of hydrogen-bond acceptors (Lipinski definition) is 2. The van der Waals surface area contributed by atoms with E-state index in [4.69, 9.17) is 11.6 Å². The third-order valence-electron chi connectivity index (χ3n) is 3.00. The summed E-state index contributed by atoms with van der Waals surface area (Å²) >= 11 is 5.97. The molecule has 3 nitrogen and oxygen atoms in total. The van der Waals surface area contributed by atoms with Crippen LogP contribution in [0.2, 0.25) is 0 Å². The second-order valence-corrected chi connectivity index (χ2v) is 5.06. The van der Waals surface area contributed by atoms with Gasteiger partial charge < -0.3 is 0 Å². The average Bonchev–Trinajstić information content (AvgIpc) is 2.87. The molecule has 18 heavy (non-hydrogen) atoms. The molecular formula is C14H18ClN3. The van der Waals surface area contributed by atoms with Gasteiger partial charge in [0.1, 0.15) is 0 Å². The van der Waals surface area contributed by atoms with Crippen LogP contribution in [0.4, 0.5) is 0 Å². The van der Waals surface area contributed by atoms with E-state index in [1.807, 2.05) is 29.2 Å². The number of pyridine rings is 1. The van der Waals surface area contributed by atoms with E-state index in [-0.39, 0.29) is 5.92 Å². The molecule has 1 atom stereocenters. The number of nitrogens with zero attached hydrogens (tertiary/aromatic N) is 3. The van der Waals surface area contributed by atoms with Crippen LogP contribution in [-0.4, -0.2) is 20.6 Å². The van der Waals surface area contributed by atoms with Gasteiger partial charge in [0.05, 0.1) is 11.4 Å². The van der Waals surface area contributed by atoms with E-state index in [1.54, 1.807) is 0 Å². The van der Waals surface area contributed by atoms with E-state index < -0.39 is 0 Å². The molecular weight excluding hydrogens is 246 g/mol. The normalized spacial score (nSPS) is 12.9. The summed E-state index contributed by atoms with van der Waals surface area (Å²) in [6.45, 7) is 6.35. The SMILES string of the molecule is CC(CCl)c1cccnc1-c1ccnn1C(C)C. The van der Waals surface area contributed by atoms with Crippen LogP contribution < -0.4 is 0 Å². The summed E-state index contributed by atoms with van der Waals surface area (Å²) in [6.07, 6.45) is 3.64. The Balaban J connectivity index is 2.53. The van der Waals surface area contributed by atoms with Crippen molar-refractivity contribution in [2.45, 2.75) is 32.7 Å². The fourth-order valence-electron chi connectivity index (χ4n) is 2.03. The van der Waals surface area contributed by atoms with Crippen LogP contribution in [0.15, 0.2) is 30.6 Å². The van der Waals surface area contributed by atoms with Gasteiger partial charge in [-0.3, -0.25) is 9.67 Å². The first-order valence-electron chi connectivity index (χ1n) is 6.20. The highest BCUT2D eigenvalue weighted by Gasteiger charge is 2.16. The minimum Gasteiger partial charge on any atom is -0.261 e. The van der Waals surface area contributed by atoms with Crippen molar-refractivity contribution in [2.24, 2.45) is 0 Å². The van der Waals surface area contributed by atoms with Crippen LogP contribution in [0, 0.1) is 0 Å². The molecule has 0 aliphatic heterocycles. The van der Waals surface area contributed by atoms with E-state index in [0.717, 1.165) is 11.4 Å². The molecule has 0 aromatic carbocycles. The van der Waals surface area contributed by atoms with Crippen molar-refractivity contribution in [1.29, 1.82) is 0 Å². The van der Waals surface area contributed by atoms with Gasteiger partial charge in [-0.1, -0.05) is 13.0 Å². The van der Waals surface area contributed by atoms with Gasteiger partial charge in [-0.15, -0.1) is 11.6 Å². The molecule has 0 amide bonds. The molecule has 0 saturated carbocycles. The van der Waals surface area contributed by atoms with Crippen LogP contribution in [0.1, 0.15) is 38.3 Å². The molecule has 1 unspecified atom stereocenters. The smallest absolute Gasteiger partial charge is 0.0918 e. The van der Waals surface area contributed by atoms with E-state index in [1.165, 1.54) is 5.56 Å². The maximum atomic E-state index is 5.97. The molecule has 4 heteroatoms. The van der Waals surface area contributed by atoms with Crippen molar-refractivity contribution >= 4 is 11.6 Å². The lowest BCUT2D eigenvalue weighted by molar-refractivity contribution is 0.537. The highest BCUT2D eigenvalue weighted by atomic mass is 35.5. The lowest BCUT2D eigenvalue weighted by Gasteiger charge is -2.16. The van der Waals surface area contributed by atoms with E-state index in [2.05, 4.69) is 36.9 Å². The van der Waals surface area contributed by atoms with Gasteiger partial charge in [-0.25, -0.2) is 0 Å². The third kappa shape index (κ3) is 2.41. The van der Waals surface area contributed by atoms with Crippen LogP contribution >= 0.6 is 11.6 Å². The van der Waals surface area contributed by atoms with Crippen molar-refractivity contribution in [3.8, 4) is 11.4 Å². The largest absolute Gasteiger partial charge is 0.261 e. The summed E-state index contributed by atoms with van der Waals surface area (Å²) in [5.74, 6) is 0.875. The number of alkyl halides is 1. The molecule has 2 rings (SSSR count). The zero-order valence-electron chi connectivity index (χ0n) is 11.0. The number of halogens is 1. The number of rotatable bonds is 4. The molecule has 2 heterocycles. The predicted molar refractivity (Wildman–Crippen MR) is 75.0 cm³/mol. The zero-order chi connectivity index (χ0) is 13.1. The Morgan fingerprint density at radius 3 is 2.67 bits per heavy atom. The Kier molecular flexibility index (Phi) is 4.02. The molecule has 2 aromatic rings. The van der Waals surface area contributed by atoms with Crippen molar-refractivity contribution in [3.63, 3.8) is 0 Å². The monoisotopic (exact) mass is 263 g/mol. The highest BCUT2D eigenvalue weighted by molar-refractivity contribution is 6.18. The van der Waals surface area contributed by atoms with E-state index in [0.29, 0.717) is 11.9 Å². The highest BCUT2D eigenvalue weighted by Crippen LogP contribution is 2.28. The Labute approximate surface area is 113 Å². The third-order valence-corrected chi connectivity index (χ3v) is 3.47. The lowest BCUT2D eigenvalue weighted by Crippen LogP contribution is -2.08. The van der Waals surface area contributed by atoms with Crippen LogP contribution in [-0.2, 0) is 0 Å². The minimum absolute atomic E-state index is 0.283. The van der Waals surface area contributed by atoms with Crippen molar-refractivity contribution in [3.05, 3.63) is 36.2 Å². The quantitative estimate of drug-likeness (QED) is 0.784. The van der Waals surface area contributed by atoms with Gasteiger partial charge in [-0.05, 0) is 37.5 Å².